The second-order valence-corrected chi connectivity index (χ2v) is 6.86. The number of H-pyrrole nitrogens is 1. The molecule has 2 heterocycles. The summed E-state index contributed by atoms with van der Waals surface area (Å²) in [6.45, 7) is 7.15. The Hall–Kier alpha value is -2.37. The minimum Gasteiger partial charge on any atom is -0.345 e. The van der Waals surface area contributed by atoms with E-state index in [-0.39, 0.29) is 23.8 Å². The minimum atomic E-state index is -0.215. The summed E-state index contributed by atoms with van der Waals surface area (Å²) < 4.78 is 0. The van der Waals surface area contributed by atoms with Crippen LogP contribution in [0.5, 0.6) is 0 Å². The van der Waals surface area contributed by atoms with Gasteiger partial charge in [0.25, 0.3) is 5.91 Å². The molecule has 1 fully saturated rings. The number of aryl methyl sites for hydroxylation is 1. The summed E-state index contributed by atoms with van der Waals surface area (Å²) in [4.78, 5) is 33.9. The standard InChI is InChI=1S/C18H24N4O2/c1-11(2)18(24)22-8-4-5-13(10-22)19-17(23)16-20-14-7-6-12(3)9-15(14)21-16/h6-7,9,11,13H,4-5,8,10H2,1-3H3,(H,19,23)(H,20,21)/t13-/m1/s1. The van der Waals surface area contributed by atoms with Gasteiger partial charge in [0.2, 0.25) is 5.91 Å². The second-order valence-electron chi connectivity index (χ2n) is 6.86. The number of fused-ring (bicyclic) bond motifs is 1. The Morgan fingerprint density at radius 3 is 2.92 bits per heavy atom. The molecule has 2 N–H and O–H groups in total. The van der Waals surface area contributed by atoms with Crippen molar-refractivity contribution in [1.82, 2.24) is 20.2 Å². The number of amides is 2. The van der Waals surface area contributed by atoms with Crippen LogP contribution in [0.15, 0.2) is 18.2 Å². The molecule has 1 aliphatic heterocycles. The van der Waals surface area contributed by atoms with Crippen molar-refractivity contribution in [3.05, 3.63) is 29.6 Å². The molecule has 1 saturated heterocycles. The number of imidazole rings is 1. The lowest BCUT2D eigenvalue weighted by atomic mass is 10.0. The molecule has 6 nitrogen and oxygen atoms in total. The van der Waals surface area contributed by atoms with Crippen molar-refractivity contribution >= 4 is 22.8 Å². The average Bonchev–Trinajstić information content (AvgIpc) is 2.97. The number of aromatic amines is 1. The van der Waals surface area contributed by atoms with Gasteiger partial charge >= 0.3 is 0 Å². The number of piperidine rings is 1. The fourth-order valence-electron chi connectivity index (χ4n) is 3.15. The third-order valence-corrected chi connectivity index (χ3v) is 4.41. The molecule has 128 valence electrons. The lowest BCUT2D eigenvalue weighted by Crippen LogP contribution is -2.50. The zero-order chi connectivity index (χ0) is 17.3. The van der Waals surface area contributed by atoms with Crippen molar-refractivity contribution in [3.63, 3.8) is 0 Å². The molecule has 24 heavy (non-hydrogen) atoms. The molecule has 0 radical (unpaired) electrons. The molecule has 0 aliphatic carbocycles. The van der Waals surface area contributed by atoms with Crippen LogP contribution in [0.25, 0.3) is 11.0 Å². The highest BCUT2D eigenvalue weighted by Crippen LogP contribution is 2.15. The van der Waals surface area contributed by atoms with Crippen LogP contribution in [-0.2, 0) is 4.79 Å². The van der Waals surface area contributed by atoms with E-state index in [2.05, 4.69) is 15.3 Å². The number of likely N-dealkylation sites (tertiary alicyclic amines) is 1. The first-order valence-corrected chi connectivity index (χ1v) is 8.50. The van der Waals surface area contributed by atoms with E-state index in [0.29, 0.717) is 12.4 Å². The highest BCUT2D eigenvalue weighted by Gasteiger charge is 2.26. The van der Waals surface area contributed by atoms with Crippen LogP contribution >= 0.6 is 0 Å². The Labute approximate surface area is 141 Å². The SMILES string of the molecule is Cc1ccc2nc(C(=O)N[C@@H]3CCCN(C(=O)C(C)C)C3)[nH]c2c1. The van der Waals surface area contributed by atoms with Gasteiger partial charge < -0.3 is 15.2 Å². The second kappa shape index (κ2) is 6.63. The van der Waals surface area contributed by atoms with Crippen molar-refractivity contribution in [1.29, 1.82) is 0 Å². The first-order valence-electron chi connectivity index (χ1n) is 8.50. The van der Waals surface area contributed by atoms with Gasteiger partial charge in [-0.2, -0.15) is 0 Å². The Morgan fingerprint density at radius 2 is 2.17 bits per heavy atom. The smallest absolute Gasteiger partial charge is 0.287 e. The molecule has 1 aromatic heterocycles. The van der Waals surface area contributed by atoms with Gasteiger partial charge in [-0.1, -0.05) is 19.9 Å². The molecule has 0 saturated carbocycles. The summed E-state index contributed by atoms with van der Waals surface area (Å²) in [5.41, 5.74) is 2.76. The fraction of sp³-hybridized carbons (Fsp3) is 0.500. The number of carbonyl (C=O) groups is 2. The number of carbonyl (C=O) groups excluding carboxylic acids is 2. The average molecular weight is 328 g/mol. The molecule has 3 rings (SSSR count). The van der Waals surface area contributed by atoms with Crippen LogP contribution in [0.2, 0.25) is 0 Å². The van der Waals surface area contributed by atoms with Crippen molar-refractivity contribution in [3.8, 4) is 0 Å². The van der Waals surface area contributed by atoms with Gasteiger partial charge in [-0.05, 0) is 37.5 Å². The summed E-state index contributed by atoms with van der Waals surface area (Å²) in [7, 11) is 0. The number of rotatable bonds is 3. The van der Waals surface area contributed by atoms with Crippen LogP contribution in [0.1, 0.15) is 42.9 Å². The molecule has 1 atom stereocenters. The van der Waals surface area contributed by atoms with E-state index in [9.17, 15) is 9.59 Å². The van der Waals surface area contributed by atoms with Gasteiger partial charge in [0.15, 0.2) is 5.82 Å². The van der Waals surface area contributed by atoms with Gasteiger partial charge in [0.05, 0.1) is 11.0 Å². The maximum atomic E-state index is 12.5. The van der Waals surface area contributed by atoms with Crippen LogP contribution < -0.4 is 5.32 Å². The maximum absolute atomic E-state index is 12.5. The summed E-state index contributed by atoms with van der Waals surface area (Å²) in [6, 6.07) is 5.83. The Morgan fingerprint density at radius 1 is 1.38 bits per heavy atom. The predicted molar refractivity (Wildman–Crippen MR) is 92.7 cm³/mol. The fourth-order valence-corrected chi connectivity index (χ4v) is 3.15. The number of hydrogen-bond donors (Lipinski definition) is 2. The van der Waals surface area contributed by atoms with Crippen LogP contribution in [0, 0.1) is 12.8 Å². The molecule has 2 amide bonds. The summed E-state index contributed by atoms with van der Waals surface area (Å²) in [5.74, 6) is 0.238. The first-order chi connectivity index (χ1) is 11.4. The highest BCUT2D eigenvalue weighted by molar-refractivity contribution is 5.94. The molecule has 1 aromatic carbocycles. The van der Waals surface area contributed by atoms with Crippen LogP contribution in [-0.4, -0.2) is 45.8 Å². The highest BCUT2D eigenvalue weighted by atomic mass is 16.2. The van der Waals surface area contributed by atoms with Crippen molar-refractivity contribution in [2.24, 2.45) is 5.92 Å². The van der Waals surface area contributed by atoms with Crippen LogP contribution in [0.4, 0.5) is 0 Å². The third kappa shape index (κ3) is 3.42. The van der Waals surface area contributed by atoms with Gasteiger partial charge in [-0.15, -0.1) is 0 Å². The molecular weight excluding hydrogens is 304 g/mol. The molecular formula is C18H24N4O2. The first kappa shape index (κ1) is 16.5. The van der Waals surface area contributed by atoms with E-state index in [1.807, 2.05) is 43.9 Å². The molecule has 0 unspecified atom stereocenters. The lowest BCUT2D eigenvalue weighted by molar-refractivity contribution is -0.135. The number of benzene rings is 1. The number of aromatic nitrogens is 2. The zero-order valence-corrected chi connectivity index (χ0v) is 14.4. The van der Waals surface area contributed by atoms with E-state index >= 15 is 0 Å². The quantitative estimate of drug-likeness (QED) is 0.907. The summed E-state index contributed by atoms with van der Waals surface area (Å²) in [6.07, 6.45) is 1.79. The van der Waals surface area contributed by atoms with Crippen molar-refractivity contribution in [2.45, 2.75) is 39.7 Å². The van der Waals surface area contributed by atoms with E-state index in [4.69, 9.17) is 0 Å². The van der Waals surface area contributed by atoms with Crippen molar-refractivity contribution in [2.75, 3.05) is 13.1 Å². The van der Waals surface area contributed by atoms with Crippen LogP contribution in [0.3, 0.4) is 0 Å². The van der Waals surface area contributed by atoms with E-state index < -0.39 is 0 Å². The predicted octanol–water partition coefficient (Wildman–Crippen LogP) is 2.25. The number of nitrogens with zero attached hydrogens (tertiary/aromatic N) is 2. The Bertz CT molecular complexity index is 765. The van der Waals surface area contributed by atoms with Gasteiger partial charge in [0, 0.05) is 25.0 Å². The van der Waals surface area contributed by atoms with E-state index in [1.54, 1.807) is 0 Å². The summed E-state index contributed by atoms with van der Waals surface area (Å²) >= 11 is 0. The minimum absolute atomic E-state index is 0.0157. The van der Waals surface area contributed by atoms with Gasteiger partial charge in [0.1, 0.15) is 0 Å². The van der Waals surface area contributed by atoms with Gasteiger partial charge in [-0.25, -0.2) is 4.98 Å². The van der Waals surface area contributed by atoms with Gasteiger partial charge in [-0.3, -0.25) is 9.59 Å². The molecule has 6 heteroatoms. The molecule has 1 aliphatic rings. The van der Waals surface area contributed by atoms with Crippen molar-refractivity contribution < 1.29 is 9.59 Å². The topological polar surface area (TPSA) is 78.1 Å². The third-order valence-electron chi connectivity index (χ3n) is 4.41. The largest absolute Gasteiger partial charge is 0.345 e. The summed E-state index contributed by atoms with van der Waals surface area (Å²) in [5, 5.41) is 3.01. The Balaban J connectivity index is 1.68. The molecule has 2 aromatic rings. The lowest BCUT2D eigenvalue weighted by Gasteiger charge is -2.34. The van der Waals surface area contributed by atoms with E-state index in [1.165, 1.54) is 0 Å². The number of hydrogen-bond acceptors (Lipinski definition) is 3. The number of nitrogens with one attached hydrogen (secondary N) is 2. The normalized spacial score (nSPS) is 18.2. The maximum Gasteiger partial charge on any atom is 0.287 e. The monoisotopic (exact) mass is 328 g/mol. The van der Waals surface area contributed by atoms with E-state index in [0.717, 1.165) is 36.0 Å². The molecule has 0 bridgehead atoms. The zero-order valence-electron chi connectivity index (χ0n) is 14.4. The molecule has 0 spiro atoms. The Kier molecular flexibility index (Phi) is 4.55.